The monoisotopic (exact) mass is 321 g/mol. The molecule has 0 aromatic rings. The highest BCUT2D eigenvalue weighted by Gasteiger charge is 2.53. The zero-order chi connectivity index (χ0) is 15.9. The third-order valence-electron chi connectivity index (χ3n) is 6.39. The second-order valence-electron chi connectivity index (χ2n) is 7.98. The first kappa shape index (κ1) is 15.7. The minimum absolute atomic E-state index is 0.486. The summed E-state index contributed by atoms with van der Waals surface area (Å²) in [6.07, 6.45) is 8.79. The van der Waals surface area contributed by atoms with E-state index < -0.39 is 5.60 Å². The smallest absolute Gasteiger partial charge is 0.194 e. The van der Waals surface area contributed by atoms with Gasteiger partial charge in [-0.25, -0.2) is 0 Å². The van der Waals surface area contributed by atoms with Gasteiger partial charge < -0.3 is 20.1 Å². The Morgan fingerprint density at radius 1 is 1.17 bits per heavy atom. The van der Waals surface area contributed by atoms with Crippen LogP contribution in [0.1, 0.15) is 51.9 Å². The van der Waals surface area contributed by atoms with Gasteiger partial charge in [-0.2, -0.15) is 0 Å². The molecule has 5 nitrogen and oxygen atoms in total. The van der Waals surface area contributed by atoms with Gasteiger partial charge in [0.2, 0.25) is 0 Å². The van der Waals surface area contributed by atoms with E-state index >= 15 is 0 Å². The number of hydrogen-bond acceptors (Lipinski definition) is 3. The van der Waals surface area contributed by atoms with E-state index in [2.05, 4.69) is 17.1 Å². The molecule has 0 radical (unpaired) electrons. The summed E-state index contributed by atoms with van der Waals surface area (Å²) >= 11 is 0. The molecule has 130 valence electrons. The largest absolute Gasteiger partial charge is 0.388 e. The Morgan fingerprint density at radius 3 is 2.43 bits per heavy atom. The molecule has 2 bridgehead atoms. The van der Waals surface area contributed by atoms with Crippen molar-refractivity contribution in [3.8, 4) is 0 Å². The molecule has 1 aliphatic carbocycles. The van der Waals surface area contributed by atoms with Crippen LogP contribution in [0.3, 0.4) is 0 Å². The van der Waals surface area contributed by atoms with Gasteiger partial charge in [-0.3, -0.25) is 4.99 Å². The normalized spacial score (nSPS) is 38.9. The number of hydrogen-bond donors (Lipinski definition) is 2. The van der Waals surface area contributed by atoms with Crippen LogP contribution in [-0.2, 0) is 4.74 Å². The molecule has 3 saturated heterocycles. The quantitative estimate of drug-likeness (QED) is 0.614. The van der Waals surface area contributed by atoms with Crippen molar-refractivity contribution in [2.45, 2.75) is 69.7 Å². The van der Waals surface area contributed by atoms with E-state index in [9.17, 15) is 5.11 Å². The molecule has 4 rings (SSSR count). The molecular formula is C18H31N3O2. The van der Waals surface area contributed by atoms with Gasteiger partial charge in [0, 0.05) is 31.5 Å². The lowest BCUT2D eigenvalue weighted by Gasteiger charge is -2.31. The van der Waals surface area contributed by atoms with E-state index in [4.69, 9.17) is 9.73 Å². The Labute approximate surface area is 139 Å². The first-order valence-corrected chi connectivity index (χ1v) is 9.60. The zero-order valence-corrected chi connectivity index (χ0v) is 14.3. The fourth-order valence-electron chi connectivity index (χ4n) is 5.15. The van der Waals surface area contributed by atoms with Crippen molar-refractivity contribution in [2.24, 2.45) is 16.8 Å². The van der Waals surface area contributed by atoms with Crippen molar-refractivity contribution in [3.63, 3.8) is 0 Å². The highest BCUT2D eigenvalue weighted by atomic mass is 16.5. The number of fused-ring (bicyclic) bond motifs is 5. The molecule has 1 saturated carbocycles. The lowest BCUT2D eigenvalue weighted by molar-refractivity contribution is 0.0129. The summed E-state index contributed by atoms with van der Waals surface area (Å²) in [7, 11) is 0. The van der Waals surface area contributed by atoms with Crippen LogP contribution in [0.15, 0.2) is 4.99 Å². The van der Waals surface area contributed by atoms with Crippen LogP contribution in [0, 0.1) is 11.8 Å². The van der Waals surface area contributed by atoms with Gasteiger partial charge in [0.1, 0.15) is 0 Å². The average molecular weight is 321 g/mol. The van der Waals surface area contributed by atoms with Crippen LogP contribution in [-0.4, -0.2) is 60.0 Å². The SMILES string of the molecule is CCNC(=NCC1(O)CCCCC1)N1CC2C3CCC(O3)C2C1. The fourth-order valence-corrected chi connectivity index (χ4v) is 5.15. The van der Waals surface area contributed by atoms with Crippen LogP contribution in [0.25, 0.3) is 0 Å². The van der Waals surface area contributed by atoms with Crippen LogP contribution in [0.2, 0.25) is 0 Å². The summed E-state index contributed by atoms with van der Waals surface area (Å²) in [5.41, 5.74) is -0.573. The van der Waals surface area contributed by atoms with Gasteiger partial charge in [-0.15, -0.1) is 0 Å². The molecule has 4 fully saturated rings. The second-order valence-corrected chi connectivity index (χ2v) is 7.98. The minimum Gasteiger partial charge on any atom is -0.388 e. The minimum atomic E-state index is -0.573. The van der Waals surface area contributed by atoms with E-state index in [1.54, 1.807) is 0 Å². The molecule has 0 spiro atoms. The summed E-state index contributed by atoms with van der Waals surface area (Å²) in [6, 6.07) is 0. The number of aliphatic imine (C=N–C) groups is 1. The number of nitrogens with one attached hydrogen (secondary N) is 1. The Kier molecular flexibility index (Phi) is 4.26. The maximum atomic E-state index is 10.7. The molecule has 3 heterocycles. The number of ether oxygens (including phenoxy) is 1. The lowest BCUT2D eigenvalue weighted by Crippen LogP contribution is -2.43. The molecule has 4 aliphatic rings. The topological polar surface area (TPSA) is 57.1 Å². The predicted octanol–water partition coefficient (Wildman–Crippen LogP) is 1.76. The molecule has 5 heteroatoms. The van der Waals surface area contributed by atoms with E-state index in [0.717, 1.165) is 51.3 Å². The Bertz CT molecular complexity index is 443. The summed E-state index contributed by atoms with van der Waals surface area (Å²) in [6.45, 7) is 5.68. The van der Waals surface area contributed by atoms with Crippen LogP contribution >= 0.6 is 0 Å². The van der Waals surface area contributed by atoms with E-state index in [0.29, 0.717) is 30.6 Å². The molecule has 23 heavy (non-hydrogen) atoms. The Hall–Kier alpha value is -0.810. The van der Waals surface area contributed by atoms with E-state index in [-0.39, 0.29) is 0 Å². The van der Waals surface area contributed by atoms with Gasteiger partial charge >= 0.3 is 0 Å². The van der Waals surface area contributed by atoms with E-state index in [1.807, 2.05) is 0 Å². The number of guanidine groups is 1. The first-order valence-electron chi connectivity index (χ1n) is 9.60. The Balaban J connectivity index is 1.42. The van der Waals surface area contributed by atoms with Gasteiger partial charge in [0.25, 0.3) is 0 Å². The molecule has 4 atom stereocenters. The Morgan fingerprint density at radius 2 is 1.83 bits per heavy atom. The highest BCUT2D eigenvalue weighted by Crippen LogP contribution is 2.47. The molecular weight excluding hydrogens is 290 g/mol. The maximum Gasteiger partial charge on any atom is 0.194 e. The third kappa shape index (κ3) is 2.98. The molecule has 0 amide bonds. The number of likely N-dealkylation sites (tertiary alicyclic amines) is 1. The molecule has 4 unspecified atom stereocenters. The summed E-state index contributed by atoms with van der Waals surface area (Å²) in [5.74, 6) is 2.38. The number of nitrogens with zero attached hydrogens (tertiary/aromatic N) is 2. The summed E-state index contributed by atoms with van der Waals surface area (Å²) < 4.78 is 6.07. The van der Waals surface area contributed by atoms with Crippen LogP contribution in [0.4, 0.5) is 0 Å². The van der Waals surface area contributed by atoms with Crippen molar-refractivity contribution >= 4 is 5.96 Å². The summed E-state index contributed by atoms with van der Waals surface area (Å²) in [5, 5.41) is 14.2. The van der Waals surface area contributed by atoms with Gasteiger partial charge in [0.15, 0.2) is 5.96 Å². The fraction of sp³-hybridized carbons (Fsp3) is 0.944. The third-order valence-corrected chi connectivity index (χ3v) is 6.39. The van der Waals surface area contributed by atoms with Crippen molar-refractivity contribution in [1.29, 1.82) is 0 Å². The van der Waals surface area contributed by atoms with Crippen LogP contribution in [0.5, 0.6) is 0 Å². The standard InChI is InChI=1S/C18H31N3O2/c1-2-19-17(20-12-18(22)8-4-3-5-9-18)21-10-13-14(11-21)16-7-6-15(13)23-16/h13-16,22H,2-12H2,1H3,(H,19,20). The number of rotatable bonds is 3. The van der Waals surface area contributed by atoms with Crippen LogP contribution < -0.4 is 5.32 Å². The second kappa shape index (κ2) is 6.25. The lowest BCUT2D eigenvalue weighted by atomic mass is 9.82. The van der Waals surface area contributed by atoms with Crippen molar-refractivity contribution in [2.75, 3.05) is 26.2 Å². The highest BCUT2D eigenvalue weighted by molar-refractivity contribution is 5.80. The van der Waals surface area contributed by atoms with E-state index in [1.165, 1.54) is 19.3 Å². The number of aliphatic hydroxyl groups is 1. The summed E-state index contributed by atoms with van der Waals surface area (Å²) in [4.78, 5) is 7.24. The molecule has 2 N–H and O–H groups in total. The van der Waals surface area contributed by atoms with Crippen molar-refractivity contribution < 1.29 is 9.84 Å². The molecule has 3 aliphatic heterocycles. The van der Waals surface area contributed by atoms with Gasteiger partial charge in [-0.1, -0.05) is 19.3 Å². The molecule has 0 aromatic heterocycles. The van der Waals surface area contributed by atoms with Gasteiger partial charge in [0.05, 0.1) is 24.4 Å². The zero-order valence-electron chi connectivity index (χ0n) is 14.3. The molecule has 0 aromatic carbocycles. The average Bonchev–Trinajstić information content (AvgIpc) is 3.24. The first-order chi connectivity index (χ1) is 11.2. The van der Waals surface area contributed by atoms with Crippen molar-refractivity contribution in [1.82, 2.24) is 10.2 Å². The van der Waals surface area contributed by atoms with Gasteiger partial charge in [-0.05, 0) is 32.6 Å². The maximum absolute atomic E-state index is 10.7. The van der Waals surface area contributed by atoms with Crippen molar-refractivity contribution in [3.05, 3.63) is 0 Å². The predicted molar refractivity (Wildman–Crippen MR) is 90.5 cm³/mol.